The van der Waals surface area contributed by atoms with Gasteiger partial charge in [0, 0.05) is 24.5 Å². The molecule has 1 saturated heterocycles. The van der Waals surface area contributed by atoms with Crippen molar-refractivity contribution in [2.24, 2.45) is 0 Å². The summed E-state index contributed by atoms with van der Waals surface area (Å²) in [5, 5.41) is 12.8. The molecule has 0 bridgehead atoms. The lowest BCUT2D eigenvalue weighted by molar-refractivity contribution is 0.0911. The van der Waals surface area contributed by atoms with Gasteiger partial charge in [0.2, 0.25) is 0 Å². The van der Waals surface area contributed by atoms with E-state index in [-0.39, 0.29) is 11.9 Å². The number of aromatic nitrogens is 2. The van der Waals surface area contributed by atoms with E-state index in [0.717, 1.165) is 0 Å². The zero-order valence-corrected chi connectivity index (χ0v) is 13.0. The van der Waals surface area contributed by atoms with E-state index >= 15 is 0 Å². The van der Waals surface area contributed by atoms with Gasteiger partial charge in [0.05, 0.1) is 4.88 Å². The molecule has 22 heavy (non-hydrogen) atoms. The largest absolute Gasteiger partial charge is 0.465 e. The summed E-state index contributed by atoms with van der Waals surface area (Å²) in [4.78, 5) is 33.7. The number of fused-ring (bicyclic) bond motifs is 1. The molecular formula is C13H13ClN4O3S. The number of thiophene rings is 1. The normalized spacial score (nSPS) is 16.0. The van der Waals surface area contributed by atoms with E-state index in [9.17, 15) is 9.59 Å². The van der Waals surface area contributed by atoms with Crippen LogP contribution in [0.15, 0.2) is 12.4 Å². The van der Waals surface area contributed by atoms with Crippen LogP contribution in [0.1, 0.15) is 22.5 Å². The summed E-state index contributed by atoms with van der Waals surface area (Å²) in [5.74, 6) is -0.187. The molecule has 2 amide bonds. The number of rotatable bonds is 2. The van der Waals surface area contributed by atoms with Crippen LogP contribution >= 0.6 is 22.9 Å². The van der Waals surface area contributed by atoms with Crippen molar-refractivity contribution >= 4 is 45.2 Å². The molecule has 3 rings (SSSR count). The van der Waals surface area contributed by atoms with E-state index in [4.69, 9.17) is 16.7 Å². The number of piperidine rings is 1. The number of likely N-dealkylation sites (tertiary alicyclic amines) is 1. The maximum absolute atomic E-state index is 12.3. The fourth-order valence-corrected chi connectivity index (χ4v) is 3.56. The lowest BCUT2D eigenvalue weighted by atomic mass is 10.1. The van der Waals surface area contributed by atoms with Gasteiger partial charge in [-0.05, 0) is 18.9 Å². The van der Waals surface area contributed by atoms with Crippen molar-refractivity contribution in [3.8, 4) is 0 Å². The lowest BCUT2D eigenvalue weighted by Gasteiger charge is -2.30. The maximum atomic E-state index is 12.3. The Hall–Kier alpha value is -1.93. The molecule has 2 aromatic rings. The Balaban J connectivity index is 1.67. The number of carboxylic acid groups (broad SMARTS) is 1. The van der Waals surface area contributed by atoms with Gasteiger partial charge in [0.25, 0.3) is 5.91 Å². The summed E-state index contributed by atoms with van der Waals surface area (Å²) in [6.07, 6.45) is 1.68. The van der Waals surface area contributed by atoms with E-state index in [0.29, 0.717) is 46.2 Å². The lowest BCUT2D eigenvalue weighted by Crippen LogP contribution is -2.46. The molecule has 0 spiro atoms. The van der Waals surface area contributed by atoms with E-state index in [1.54, 1.807) is 6.07 Å². The third-order valence-electron chi connectivity index (χ3n) is 3.61. The molecule has 2 aromatic heterocycles. The molecule has 0 aliphatic carbocycles. The summed E-state index contributed by atoms with van der Waals surface area (Å²) in [5.41, 5.74) is 0. The molecule has 0 saturated carbocycles. The second-order valence-corrected chi connectivity index (χ2v) is 6.40. The van der Waals surface area contributed by atoms with Crippen molar-refractivity contribution < 1.29 is 14.7 Å². The van der Waals surface area contributed by atoms with Gasteiger partial charge < -0.3 is 15.3 Å². The average Bonchev–Trinajstić information content (AvgIpc) is 2.93. The van der Waals surface area contributed by atoms with Crippen molar-refractivity contribution in [1.29, 1.82) is 0 Å². The molecule has 116 valence electrons. The number of carbonyl (C=O) groups excluding carboxylic acids is 1. The second-order valence-electron chi connectivity index (χ2n) is 5.01. The maximum Gasteiger partial charge on any atom is 0.407 e. The first-order valence-electron chi connectivity index (χ1n) is 6.73. The number of carbonyl (C=O) groups is 2. The van der Waals surface area contributed by atoms with Gasteiger partial charge in [0.15, 0.2) is 0 Å². The smallest absolute Gasteiger partial charge is 0.407 e. The summed E-state index contributed by atoms with van der Waals surface area (Å²) in [6.45, 7) is 0.869. The molecule has 7 nitrogen and oxygen atoms in total. The highest BCUT2D eigenvalue weighted by Crippen LogP contribution is 2.28. The van der Waals surface area contributed by atoms with Gasteiger partial charge in [-0.15, -0.1) is 11.3 Å². The topological polar surface area (TPSA) is 95.4 Å². The van der Waals surface area contributed by atoms with Gasteiger partial charge >= 0.3 is 6.09 Å². The first-order chi connectivity index (χ1) is 10.5. The van der Waals surface area contributed by atoms with Gasteiger partial charge in [0.1, 0.15) is 16.3 Å². The monoisotopic (exact) mass is 340 g/mol. The number of hydrogen-bond acceptors (Lipinski definition) is 5. The summed E-state index contributed by atoms with van der Waals surface area (Å²) < 4.78 is 0. The van der Waals surface area contributed by atoms with Crippen LogP contribution in [0.5, 0.6) is 0 Å². The Labute approximate surface area is 134 Å². The molecule has 0 radical (unpaired) electrons. The average molecular weight is 341 g/mol. The highest BCUT2D eigenvalue weighted by molar-refractivity contribution is 7.20. The molecule has 0 atom stereocenters. The van der Waals surface area contributed by atoms with Crippen LogP contribution in [0, 0.1) is 0 Å². The van der Waals surface area contributed by atoms with Gasteiger partial charge in [-0.2, -0.15) is 0 Å². The SMILES string of the molecule is O=C(NC1CCN(C(=O)O)CC1)c1cc2c(Cl)ncnc2s1. The van der Waals surface area contributed by atoms with Crippen LogP contribution < -0.4 is 5.32 Å². The number of hydrogen-bond donors (Lipinski definition) is 2. The summed E-state index contributed by atoms with van der Waals surface area (Å²) >= 11 is 7.24. The first kappa shape index (κ1) is 15.0. The first-order valence-corrected chi connectivity index (χ1v) is 7.93. The zero-order chi connectivity index (χ0) is 15.7. The quantitative estimate of drug-likeness (QED) is 0.817. The second kappa shape index (κ2) is 6.05. The third-order valence-corrected chi connectivity index (χ3v) is 4.95. The number of nitrogens with zero attached hydrogens (tertiary/aromatic N) is 3. The fraction of sp³-hybridized carbons (Fsp3) is 0.385. The standard InChI is InChI=1S/C13H13ClN4O3S/c14-10-8-5-9(22-12(8)16-6-15-10)11(19)17-7-1-3-18(4-2-7)13(20)21/h5-7H,1-4H2,(H,17,19)(H,20,21). The molecule has 1 aliphatic rings. The van der Waals surface area contributed by atoms with Crippen molar-refractivity contribution in [3.63, 3.8) is 0 Å². The minimum Gasteiger partial charge on any atom is -0.465 e. The molecule has 3 heterocycles. The van der Waals surface area contributed by atoms with E-state index < -0.39 is 6.09 Å². The minimum atomic E-state index is -0.914. The predicted octanol–water partition coefficient (Wildman–Crippen LogP) is 2.22. The molecule has 0 unspecified atom stereocenters. The highest BCUT2D eigenvalue weighted by atomic mass is 35.5. The van der Waals surface area contributed by atoms with Crippen LogP contribution in [-0.2, 0) is 0 Å². The fourth-order valence-electron chi connectivity index (χ4n) is 2.41. The molecular weight excluding hydrogens is 328 g/mol. The molecule has 2 N–H and O–H groups in total. The third kappa shape index (κ3) is 2.97. The Morgan fingerprint density at radius 2 is 2.09 bits per heavy atom. The molecule has 1 aliphatic heterocycles. The van der Waals surface area contributed by atoms with Crippen LogP contribution in [0.2, 0.25) is 5.15 Å². The predicted molar refractivity (Wildman–Crippen MR) is 82.5 cm³/mol. The molecule has 9 heteroatoms. The van der Waals surface area contributed by atoms with Gasteiger partial charge in [-0.3, -0.25) is 4.79 Å². The van der Waals surface area contributed by atoms with Crippen LogP contribution in [0.25, 0.3) is 10.2 Å². The summed E-state index contributed by atoms with van der Waals surface area (Å²) in [7, 11) is 0. The van der Waals surface area contributed by atoms with E-state index in [1.165, 1.54) is 22.6 Å². The van der Waals surface area contributed by atoms with E-state index in [1.807, 2.05) is 0 Å². The highest BCUT2D eigenvalue weighted by Gasteiger charge is 2.24. The van der Waals surface area contributed by atoms with E-state index in [2.05, 4.69) is 15.3 Å². The molecule has 0 aromatic carbocycles. The van der Waals surface area contributed by atoms with Crippen molar-refractivity contribution in [3.05, 3.63) is 22.4 Å². The number of amides is 2. The Morgan fingerprint density at radius 1 is 1.36 bits per heavy atom. The van der Waals surface area contributed by atoms with Crippen molar-refractivity contribution in [2.75, 3.05) is 13.1 Å². The minimum absolute atomic E-state index is 0.0186. The van der Waals surface area contributed by atoms with Crippen molar-refractivity contribution in [2.45, 2.75) is 18.9 Å². The van der Waals surface area contributed by atoms with Gasteiger partial charge in [-0.1, -0.05) is 11.6 Å². The Bertz CT molecular complexity index is 727. The van der Waals surface area contributed by atoms with Crippen molar-refractivity contribution in [1.82, 2.24) is 20.2 Å². The van der Waals surface area contributed by atoms with Crippen LogP contribution in [0.4, 0.5) is 4.79 Å². The zero-order valence-electron chi connectivity index (χ0n) is 11.5. The van der Waals surface area contributed by atoms with Crippen LogP contribution in [0.3, 0.4) is 0 Å². The Morgan fingerprint density at radius 3 is 2.73 bits per heavy atom. The molecule has 1 fully saturated rings. The summed E-state index contributed by atoms with van der Waals surface area (Å²) in [6, 6.07) is 1.67. The van der Waals surface area contributed by atoms with Crippen LogP contribution in [-0.4, -0.2) is 51.1 Å². The Kier molecular flexibility index (Phi) is 4.12. The number of nitrogens with one attached hydrogen (secondary N) is 1. The number of halogens is 1. The van der Waals surface area contributed by atoms with Gasteiger partial charge in [-0.25, -0.2) is 14.8 Å².